The Bertz CT molecular complexity index is 160. The van der Waals surface area contributed by atoms with Crippen LogP contribution >= 0.6 is 58.0 Å². The van der Waals surface area contributed by atoms with Gasteiger partial charge in [-0.2, -0.15) is 0 Å². The van der Waals surface area contributed by atoms with Gasteiger partial charge in [0, 0.05) is 5.03 Å². The van der Waals surface area contributed by atoms with E-state index >= 15 is 0 Å². The molecule has 0 radical (unpaired) electrons. The van der Waals surface area contributed by atoms with Crippen molar-refractivity contribution in [1.29, 1.82) is 0 Å². The van der Waals surface area contributed by atoms with Gasteiger partial charge in [-0.1, -0.05) is 58.0 Å². The van der Waals surface area contributed by atoms with Crippen LogP contribution in [0.15, 0.2) is 19.6 Å². The van der Waals surface area contributed by atoms with Crippen molar-refractivity contribution in [2.24, 2.45) is 0 Å². The van der Waals surface area contributed by atoms with Crippen LogP contribution in [0.4, 0.5) is 0 Å². The SMILES string of the molecule is C/C(Cl)=C(\Cl)C(Cl)=C(Cl)Cl. The van der Waals surface area contributed by atoms with Gasteiger partial charge in [0.15, 0.2) is 0 Å². The predicted octanol–water partition coefficient (Wildman–Crippen LogP) is 4.58. The Morgan fingerprint density at radius 1 is 0.800 bits per heavy atom. The Morgan fingerprint density at radius 2 is 1.20 bits per heavy atom. The minimum absolute atomic E-state index is 0.0671. The molecule has 0 fully saturated rings. The fourth-order valence-electron chi connectivity index (χ4n) is 0.234. The van der Waals surface area contributed by atoms with Crippen molar-refractivity contribution in [3.63, 3.8) is 0 Å². The lowest BCUT2D eigenvalue weighted by molar-refractivity contribution is 1.61. The quantitative estimate of drug-likeness (QED) is 0.588. The topological polar surface area (TPSA) is 0 Å². The maximum atomic E-state index is 5.55. The molecule has 0 aliphatic rings. The van der Waals surface area contributed by atoms with Crippen LogP contribution in [0.25, 0.3) is 0 Å². The molecule has 0 aliphatic heterocycles. The summed E-state index contributed by atoms with van der Waals surface area (Å²) in [6, 6.07) is 0. The summed E-state index contributed by atoms with van der Waals surface area (Å²) in [4.78, 5) is 0. The summed E-state index contributed by atoms with van der Waals surface area (Å²) in [5.74, 6) is 0. The van der Waals surface area contributed by atoms with E-state index in [0.29, 0.717) is 5.03 Å². The van der Waals surface area contributed by atoms with E-state index in [9.17, 15) is 0 Å². The number of allylic oxidation sites excluding steroid dienone is 3. The maximum absolute atomic E-state index is 5.55. The van der Waals surface area contributed by atoms with Crippen LogP contribution in [0.2, 0.25) is 0 Å². The Morgan fingerprint density at radius 3 is 1.30 bits per heavy atom. The highest BCUT2D eigenvalue weighted by molar-refractivity contribution is 6.62. The van der Waals surface area contributed by atoms with E-state index in [-0.39, 0.29) is 14.6 Å². The van der Waals surface area contributed by atoms with Crippen LogP contribution in [0.1, 0.15) is 6.92 Å². The fourth-order valence-corrected chi connectivity index (χ4v) is 0.899. The average Bonchev–Trinajstić information content (AvgIpc) is 1.84. The second-order valence-corrected chi connectivity index (χ2v) is 3.69. The zero-order valence-corrected chi connectivity index (χ0v) is 8.67. The van der Waals surface area contributed by atoms with Gasteiger partial charge in [0.05, 0.1) is 10.1 Å². The number of hydrogen-bond acceptors (Lipinski definition) is 0. The second kappa shape index (κ2) is 4.74. The summed E-state index contributed by atoms with van der Waals surface area (Å²) in [5.41, 5.74) is 0. The molecule has 0 aromatic carbocycles. The van der Waals surface area contributed by atoms with E-state index in [1.165, 1.54) is 0 Å². The van der Waals surface area contributed by atoms with Crippen LogP contribution in [-0.4, -0.2) is 0 Å². The zero-order chi connectivity index (χ0) is 8.31. The summed E-state index contributed by atoms with van der Waals surface area (Å²) in [6.07, 6.45) is 0. The summed E-state index contributed by atoms with van der Waals surface area (Å²) in [6.45, 7) is 1.59. The molecule has 0 spiro atoms. The molecule has 58 valence electrons. The van der Waals surface area contributed by atoms with Crippen LogP contribution < -0.4 is 0 Å². The molecule has 0 aromatic rings. The van der Waals surface area contributed by atoms with Gasteiger partial charge in [-0.25, -0.2) is 0 Å². The largest absolute Gasteiger partial charge is 0.126 e. The third-order valence-corrected chi connectivity index (χ3v) is 2.47. The monoisotopic (exact) mass is 238 g/mol. The first-order valence-corrected chi connectivity index (χ1v) is 4.08. The molecule has 0 N–H and O–H groups in total. The highest BCUT2D eigenvalue weighted by Gasteiger charge is 2.05. The van der Waals surface area contributed by atoms with Gasteiger partial charge in [-0.05, 0) is 6.92 Å². The van der Waals surface area contributed by atoms with Gasteiger partial charge in [0.2, 0.25) is 0 Å². The fraction of sp³-hybridized carbons (Fsp3) is 0.200. The Balaban J connectivity index is 4.71. The molecule has 0 amide bonds. The van der Waals surface area contributed by atoms with Crippen LogP contribution in [0.5, 0.6) is 0 Å². The molecule has 0 bridgehead atoms. The summed E-state index contributed by atoms with van der Waals surface area (Å²) in [7, 11) is 0. The van der Waals surface area contributed by atoms with Gasteiger partial charge < -0.3 is 0 Å². The lowest BCUT2D eigenvalue weighted by Crippen LogP contribution is -1.75. The van der Waals surface area contributed by atoms with Crippen LogP contribution in [-0.2, 0) is 0 Å². The van der Waals surface area contributed by atoms with Crippen LogP contribution in [0.3, 0.4) is 0 Å². The van der Waals surface area contributed by atoms with Crippen molar-refractivity contribution in [3.05, 3.63) is 19.6 Å². The van der Waals surface area contributed by atoms with Gasteiger partial charge >= 0.3 is 0 Å². The molecule has 0 nitrogen and oxygen atoms in total. The van der Waals surface area contributed by atoms with E-state index in [1.54, 1.807) is 6.92 Å². The molecule has 0 aliphatic carbocycles. The highest BCUT2D eigenvalue weighted by atomic mass is 35.5. The molecular weight excluding hydrogens is 237 g/mol. The van der Waals surface area contributed by atoms with Gasteiger partial charge in [0.1, 0.15) is 4.49 Å². The lowest BCUT2D eigenvalue weighted by Gasteiger charge is -1.96. The first-order valence-electron chi connectivity index (χ1n) is 2.19. The number of rotatable bonds is 1. The Labute approximate surface area is 84.3 Å². The van der Waals surface area contributed by atoms with E-state index in [0.717, 1.165) is 0 Å². The highest BCUT2D eigenvalue weighted by Crippen LogP contribution is 2.30. The molecule has 0 unspecified atom stereocenters. The minimum atomic E-state index is -0.0910. The third kappa shape index (κ3) is 3.36. The van der Waals surface area contributed by atoms with Crippen molar-refractivity contribution < 1.29 is 0 Å². The van der Waals surface area contributed by atoms with E-state index in [1.807, 2.05) is 0 Å². The average molecular weight is 240 g/mol. The normalized spacial score (nSPS) is 12.6. The predicted molar refractivity (Wildman–Crippen MR) is 49.0 cm³/mol. The van der Waals surface area contributed by atoms with Gasteiger partial charge in [-0.15, -0.1) is 0 Å². The molecule has 0 saturated carbocycles. The molecule has 0 atom stereocenters. The van der Waals surface area contributed by atoms with Crippen LogP contribution in [0, 0.1) is 0 Å². The first kappa shape index (κ1) is 10.9. The molecule has 0 aromatic heterocycles. The van der Waals surface area contributed by atoms with Crippen molar-refractivity contribution in [1.82, 2.24) is 0 Å². The number of halogens is 5. The van der Waals surface area contributed by atoms with E-state index in [2.05, 4.69) is 0 Å². The third-order valence-electron chi connectivity index (χ3n) is 0.661. The lowest BCUT2D eigenvalue weighted by atomic mass is 10.5. The molecule has 0 heterocycles. The smallest absolute Gasteiger partial charge is 0.0878 e. The minimum Gasteiger partial charge on any atom is -0.0878 e. The molecule has 5 heteroatoms. The first-order chi connectivity index (χ1) is 4.46. The zero-order valence-electron chi connectivity index (χ0n) is 4.89. The Hall–Kier alpha value is 0.930. The summed E-state index contributed by atoms with van der Waals surface area (Å²) < 4.78 is -0.0910. The van der Waals surface area contributed by atoms with E-state index in [4.69, 9.17) is 58.0 Å². The summed E-state index contributed by atoms with van der Waals surface area (Å²) >= 11 is 27.1. The van der Waals surface area contributed by atoms with Gasteiger partial charge in [0.25, 0.3) is 0 Å². The molecule has 0 rings (SSSR count). The number of hydrogen-bond donors (Lipinski definition) is 0. The van der Waals surface area contributed by atoms with Crippen molar-refractivity contribution in [2.75, 3.05) is 0 Å². The second-order valence-electron chi connectivity index (χ2n) is 1.42. The van der Waals surface area contributed by atoms with Gasteiger partial charge in [-0.3, -0.25) is 0 Å². The molecular formula is C5H3Cl5. The van der Waals surface area contributed by atoms with Crippen molar-refractivity contribution >= 4 is 58.0 Å². The van der Waals surface area contributed by atoms with Crippen molar-refractivity contribution in [2.45, 2.75) is 6.92 Å². The maximum Gasteiger partial charge on any atom is 0.126 e. The summed E-state index contributed by atoms with van der Waals surface area (Å²) in [5, 5.41) is 0.589. The Kier molecular flexibility index (Phi) is 5.18. The molecule has 0 saturated heterocycles. The standard InChI is InChI=1S/C5H3Cl5/c1-2(6)3(7)4(8)5(9)10/h1H3/b3-2+. The van der Waals surface area contributed by atoms with Crippen molar-refractivity contribution in [3.8, 4) is 0 Å². The molecule has 10 heavy (non-hydrogen) atoms. The van der Waals surface area contributed by atoms with E-state index < -0.39 is 0 Å².